The summed E-state index contributed by atoms with van der Waals surface area (Å²) in [5.74, 6) is -0.289. The topological polar surface area (TPSA) is 42.0 Å². The number of hydroxylamine groups is 2. The number of halogens is 2. The number of likely N-dealkylation sites (tertiary alicyclic amines) is 1. The SMILES string of the molecule is CN(OCc1ccc(Br)cc1F)C1CCN(C(=O)OC(C)(C)C)CC1. The number of hydrogen-bond donors (Lipinski definition) is 0. The highest BCUT2D eigenvalue weighted by atomic mass is 79.9. The summed E-state index contributed by atoms with van der Waals surface area (Å²) in [7, 11) is 1.85. The molecule has 0 N–H and O–H groups in total. The Morgan fingerprint density at radius 2 is 2.00 bits per heavy atom. The molecule has 0 aliphatic carbocycles. The minimum Gasteiger partial charge on any atom is -0.444 e. The molecule has 140 valence electrons. The highest BCUT2D eigenvalue weighted by Crippen LogP contribution is 2.20. The average Bonchev–Trinajstić information content (AvgIpc) is 2.52. The van der Waals surface area contributed by atoms with E-state index in [1.807, 2.05) is 27.8 Å². The lowest BCUT2D eigenvalue weighted by Crippen LogP contribution is -2.46. The van der Waals surface area contributed by atoms with Crippen molar-refractivity contribution in [1.29, 1.82) is 0 Å². The molecule has 0 bridgehead atoms. The summed E-state index contributed by atoms with van der Waals surface area (Å²) in [6.45, 7) is 7.02. The highest BCUT2D eigenvalue weighted by Gasteiger charge is 2.28. The van der Waals surface area contributed by atoms with Crippen molar-refractivity contribution in [2.75, 3.05) is 20.1 Å². The number of carbonyl (C=O) groups excluding carboxylic acids is 1. The third-order valence-corrected chi connectivity index (χ3v) is 4.56. The molecule has 0 saturated carbocycles. The van der Waals surface area contributed by atoms with E-state index < -0.39 is 5.60 Å². The summed E-state index contributed by atoms with van der Waals surface area (Å²) in [6, 6.07) is 5.12. The first-order chi connectivity index (χ1) is 11.7. The Balaban J connectivity index is 1.79. The number of hydrogen-bond acceptors (Lipinski definition) is 4. The lowest BCUT2D eigenvalue weighted by atomic mass is 10.1. The fourth-order valence-electron chi connectivity index (χ4n) is 2.65. The number of nitrogens with zero attached hydrogens (tertiary/aromatic N) is 2. The van der Waals surface area contributed by atoms with Gasteiger partial charge in [-0.2, -0.15) is 5.06 Å². The molecule has 0 aromatic heterocycles. The van der Waals surface area contributed by atoms with Gasteiger partial charge >= 0.3 is 6.09 Å². The van der Waals surface area contributed by atoms with Crippen LogP contribution in [-0.2, 0) is 16.2 Å². The maximum atomic E-state index is 13.8. The summed E-state index contributed by atoms with van der Waals surface area (Å²) < 4.78 is 19.9. The van der Waals surface area contributed by atoms with Gasteiger partial charge in [0.25, 0.3) is 0 Å². The predicted octanol–water partition coefficient (Wildman–Crippen LogP) is 4.35. The Labute approximate surface area is 157 Å². The van der Waals surface area contributed by atoms with Crippen LogP contribution in [0.1, 0.15) is 39.2 Å². The molecule has 1 heterocycles. The van der Waals surface area contributed by atoms with Crippen LogP contribution in [0.15, 0.2) is 22.7 Å². The smallest absolute Gasteiger partial charge is 0.410 e. The van der Waals surface area contributed by atoms with Gasteiger partial charge in [-0.25, -0.2) is 9.18 Å². The van der Waals surface area contributed by atoms with Crippen LogP contribution < -0.4 is 0 Å². The van der Waals surface area contributed by atoms with Crippen LogP contribution in [0.2, 0.25) is 0 Å². The van der Waals surface area contributed by atoms with Crippen LogP contribution in [0.4, 0.5) is 9.18 Å². The Kier molecular flexibility index (Phi) is 6.82. The minimum atomic E-state index is -0.484. The van der Waals surface area contributed by atoms with Gasteiger partial charge in [-0.3, -0.25) is 4.84 Å². The van der Waals surface area contributed by atoms with E-state index in [1.165, 1.54) is 6.07 Å². The molecule has 1 fully saturated rings. The van der Waals surface area contributed by atoms with Crippen molar-refractivity contribution in [3.05, 3.63) is 34.1 Å². The Bertz CT molecular complexity index is 598. The second-order valence-corrected chi connectivity index (χ2v) is 8.17. The molecule has 0 atom stereocenters. The molecule has 0 radical (unpaired) electrons. The van der Waals surface area contributed by atoms with Crippen molar-refractivity contribution in [1.82, 2.24) is 9.96 Å². The summed E-state index contributed by atoms with van der Waals surface area (Å²) >= 11 is 3.24. The number of piperidine rings is 1. The summed E-state index contributed by atoms with van der Waals surface area (Å²) in [5, 5.41) is 1.77. The van der Waals surface area contributed by atoms with E-state index in [1.54, 1.807) is 22.1 Å². The number of rotatable bonds is 4. The summed E-state index contributed by atoms with van der Waals surface area (Å²) in [4.78, 5) is 19.5. The van der Waals surface area contributed by atoms with E-state index in [2.05, 4.69) is 15.9 Å². The molecular formula is C18H26BrFN2O3. The van der Waals surface area contributed by atoms with Gasteiger partial charge in [0.2, 0.25) is 0 Å². The Hall–Kier alpha value is -1.18. The number of amides is 1. The first kappa shape index (κ1) is 20.1. The average molecular weight is 417 g/mol. The highest BCUT2D eigenvalue weighted by molar-refractivity contribution is 9.10. The molecule has 0 spiro atoms. The molecule has 1 amide bonds. The maximum Gasteiger partial charge on any atom is 0.410 e. The zero-order chi connectivity index (χ0) is 18.6. The van der Waals surface area contributed by atoms with Crippen LogP contribution in [0.25, 0.3) is 0 Å². The lowest BCUT2D eigenvalue weighted by Gasteiger charge is -2.36. The van der Waals surface area contributed by atoms with Gasteiger partial charge in [0.15, 0.2) is 0 Å². The lowest BCUT2D eigenvalue weighted by molar-refractivity contribution is -0.186. The van der Waals surface area contributed by atoms with Crippen LogP contribution >= 0.6 is 15.9 Å². The van der Waals surface area contributed by atoms with Gasteiger partial charge in [0, 0.05) is 36.2 Å². The van der Waals surface area contributed by atoms with Crippen LogP contribution in [0, 0.1) is 5.82 Å². The fourth-order valence-corrected chi connectivity index (χ4v) is 2.99. The van der Waals surface area contributed by atoms with E-state index in [4.69, 9.17) is 9.57 Å². The molecule has 7 heteroatoms. The van der Waals surface area contributed by atoms with Crippen molar-refractivity contribution < 1.29 is 18.8 Å². The second-order valence-electron chi connectivity index (χ2n) is 7.25. The largest absolute Gasteiger partial charge is 0.444 e. The van der Waals surface area contributed by atoms with Crippen molar-refractivity contribution in [3.63, 3.8) is 0 Å². The summed E-state index contributed by atoms with van der Waals surface area (Å²) in [6.07, 6.45) is 1.31. The Morgan fingerprint density at radius 3 is 2.56 bits per heavy atom. The number of carbonyl (C=O) groups is 1. The molecule has 1 aromatic rings. The second kappa shape index (κ2) is 8.47. The quantitative estimate of drug-likeness (QED) is 0.684. The summed E-state index contributed by atoms with van der Waals surface area (Å²) in [5.41, 5.74) is 0.0315. The molecule has 1 aliphatic heterocycles. The standard InChI is InChI=1S/C18H26BrFN2O3/c1-18(2,3)25-17(23)22-9-7-15(8-10-22)21(4)24-12-13-5-6-14(19)11-16(13)20/h5-6,11,15H,7-10,12H2,1-4H3. The van der Waals surface area contributed by atoms with Gasteiger partial charge in [-0.05, 0) is 45.7 Å². The van der Waals surface area contributed by atoms with Crippen LogP contribution in [-0.4, -0.2) is 47.8 Å². The third kappa shape index (κ3) is 6.24. The zero-order valence-electron chi connectivity index (χ0n) is 15.2. The first-order valence-corrected chi connectivity index (χ1v) is 9.22. The number of benzene rings is 1. The predicted molar refractivity (Wildman–Crippen MR) is 97.5 cm³/mol. The molecule has 1 aliphatic rings. The molecule has 5 nitrogen and oxygen atoms in total. The van der Waals surface area contributed by atoms with Crippen molar-refractivity contribution >= 4 is 22.0 Å². The Morgan fingerprint density at radius 1 is 1.36 bits per heavy atom. The molecule has 1 aromatic carbocycles. The monoisotopic (exact) mass is 416 g/mol. The van der Waals surface area contributed by atoms with Gasteiger partial charge in [-0.15, -0.1) is 0 Å². The van der Waals surface area contributed by atoms with Gasteiger partial charge in [-0.1, -0.05) is 22.0 Å². The van der Waals surface area contributed by atoms with Crippen molar-refractivity contribution in [3.8, 4) is 0 Å². The van der Waals surface area contributed by atoms with Gasteiger partial charge < -0.3 is 9.64 Å². The van der Waals surface area contributed by atoms with Crippen LogP contribution in [0.5, 0.6) is 0 Å². The van der Waals surface area contributed by atoms with Crippen molar-refractivity contribution in [2.45, 2.75) is 51.9 Å². The normalized spacial score (nSPS) is 16.4. The van der Waals surface area contributed by atoms with E-state index in [-0.39, 0.29) is 24.6 Å². The van der Waals surface area contributed by atoms with Gasteiger partial charge in [0.05, 0.1) is 6.61 Å². The molecule has 25 heavy (non-hydrogen) atoms. The van der Waals surface area contributed by atoms with E-state index in [0.29, 0.717) is 23.1 Å². The molecule has 2 rings (SSSR count). The molecule has 1 saturated heterocycles. The van der Waals surface area contributed by atoms with Crippen LogP contribution in [0.3, 0.4) is 0 Å². The fraction of sp³-hybridized carbons (Fsp3) is 0.611. The molecular weight excluding hydrogens is 391 g/mol. The zero-order valence-corrected chi connectivity index (χ0v) is 16.8. The van der Waals surface area contributed by atoms with E-state index in [9.17, 15) is 9.18 Å². The third-order valence-electron chi connectivity index (χ3n) is 4.07. The first-order valence-electron chi connectivity index (χ1n) is 8.43. The van der Waals surface area contributed by atoms with E-state index in [0.717, 1.165) is 12.8 Å². The van der Waals surface area contributed by atoms with E-state index >= 15 is 0 Å². The molecule has 0 unspecified atom stereocenters. The maximum absolute atomic E-state index is 13.8. The number of ether oxygens (including phenoxy) is 1. The van der Waals surface area contributed by atoms with Crippen molar-refractivity contribution in [2.24, 2.45) is 0 Å². The minimum absolute atomic E-state index is 0.182. The van der Waals surface area contributed by atoms with Gasteiger partial charge in [0.1, 0.15) is 11.4 Å².